The fraction of sp³-hybridized carbons (Fsp3) is 0.450. The Hall–Kier alpha value is -2.12. The molecule has 1 aromatic carbocycles. The number of nitrogens with zero attached hydrogens (tertiary/aromatic N) is 4. The zero-order valence-electron chi connectivity index (χ0n) is 15.5. The third-order valence-corrected chi connectivity index (χ3v) is 6.11. The first-order valence-corrected chi connectivity index (χ1v) is 10.3. The van der Waals surface area contributed by atoms with Crippen LogP contribution in [0.1, 0.15) is 30.5 Å². The van der Waals surface area contributed by atoms with Gasteiger partial charge in [-0.2, -0.15) is 4.37 Å². The molecular weight excluding hydrogens is 361 g/mol. The van der Waals surface area contributed by atoms with Crippen LogP contribution in [0.15, 0.2) is 30.6 Å². The predicted molar refractivity (Wildman–Crippen MR) is 108 cm³/mol. The van der Waals surface area contributed by atoms with Crippen molar-refractivity contribution in [1.82, 2.24) is 19.7 Å². The Morgan fingerprint density at radius 1 is 1.19 bits per heavy atom. The van der Waals surface area contributed by atoms with Crippen molar-refractivity contribution < 1.29 is 4.39 Å². The average Bonchev–Trinajstić information content (AvgIpc) is 3.08. The lowest BCUT2D eigenvalue weighted by molar-refractivity contribution is 0.412. The van der Waals surface area contributed by atoms with Crippen molar-refractivity contribution in [2.24, 2.45) is 0 Å². The predicted octanol–water partition coefficient (Wildman–Crippen LogP) is 3.73. The van der Waals surface area contributed by atoms with Crippen LogP contribution in [0.4, 0.5) is 10.2 Å². The molecule has 3 heterocycles. The minimum atomic E-state index is -0.168. The minimum absolute atomic E-state index is 0.168. The van der Waals surface area contributed by atoms with Crippen molar-refractivity contribution in [3.63, 3.8) is 0 Å². The lowest BCUT2D eigenvalue weighted by atomic mass is 10.0. The zero-order chi connectivity index (χ0) is 18.6. The molecule has 0 aliphatic carbocycles. The maximum Gasteiger partial charge on any atom is 0.151 e. The van der Waals surface area contributed by atoms with Gasteiger partial charge in [-0.15, -0.1) is 0 Å². The van der Waals surface area contributed by atoms with E-state index in [1.165, 1.54) is 29.2 Å². The molecule has 3 aromatic rings. The highest BCUT2D eigenvalue weighted by atomic mass is 32.1. The topological polar surface area (TPSA) is 53.9 Å². The van der Waals surface area contributed by atoms with Crippen molar-refractivity contribution in [2.75, 3.05) is 24.5 Å². The van der Waals surface area contributed by atoms with Crippen LogP contribution in [0.25, 0.3) is 10.2 Å². The van der Waals surface area contributed by atoms with Gasteiger partial charge in [-0.1, -0.05) is 12.1 Å². The van der Waals surface area contributed by atoms with Crippen LogP contribution in [0.2, 0.25) is 0 Å². The molecule has 27 heavy (non-hydrogen) atoms. The minimum Gasteiger partial charge on any atom is -0.355 e. The first kappa shape index (κ1) is 18.3. The third kappa shape index (κ3) is 4.25. The van der Waals surface area contributed by atoms with Gasteiger partial charge in [-0.25, -0.2) is 14.4 Å². The molecule has 4 rings (SSSR count). The standard InChI is InChI=1S/C20H24FN5S/c1-14-18-19(27-25-14)20(24-13-23-18)26-11-8-17(9-12-26)22-10-2-3-15-4-6-16(21)7-5-15/h4-7,13,17,22H,2-3,8-12H2,1H3. The molecule has 1 aliphatic heterocycles. The summed E-state index contributed by atoms with van der Waals surface area (Å²) in [6.07, 6.45) is 5.92. The maximum absolute atomic E-state index is 12.9. The summed E-state index contributed by atoms with van der Waals surface area (Å²) < 4.78 is 18.5. The second kappa shape index (κ2) is 8.27. The zero-order valence-corrected chi connectivity index (χ0v) is 16.3. The molecule has 142 valence electrons. The number of hydrogen-bond donors (Lipinski definition) is 1. The van der Waals surface area contributed by atoms with Gasteiger partial charge in [-0.3, -0.25) is 0 Å². The smallest absolute Gasteiger partial charge is 0.151 e. The van der Waals surface area contributed by atoms with Crippen LogP contribution in [0.3, 0.4) is 0 Å². The lowest BCUT2D eigenvalue weighted by Crippen LogP contribution is -2.43. The van der Waals surface area contributed by atoms with Gasteiger partial charge in [0.15, 0.2) is 5.82 Å². The van der Waals surface area contributed by atoms with Crippen LogP contribution in [-0.2, 0) is 6.42 Å². The Labute approximate surface area is 162 Å². The summed E-state index contributed by atoms with van der Waals surface area (Å²) in [7, 11) is 0. The Morgan fingerprint density at radius 3 is 2.74 bits per heavy atom. The summed E-state index contributed by atoms with van der Waals surface area (Å²) in [5.74, 6) is 0.860. The van der Waals surface area contributed by atoms with E-state index in [-0.39, 0.29) is 5.82 Å². The molecule has 0 radical (unpaired) electrons. The summed E-state index contributed by atoms with van der Waals surface area (Å²) in [6, 6.07) is 7.37. The maximum atomic E-state index is 12.9. The third-order valence-electron chi connectivity index (χ3n) is 5.18. The number of aromatic nitrogens is 3. The first-order valence-electron chi connectivity index (χ1n) is 9.50. The van der Waals surface area contributed by atoms with Gasteiger partial charge in [0.25, 0.3) is 0 Å². The molecule has 0 saturated carbocycles. The Kier molecular flexibility index (Phi) is 5.59. The Balaban J connectivity index is 1.24. The largest absolute Gasteiger partial charge is 0.355 e. The number of aryl methyl sites for hydroxylation is 2. The molecule has 7 heteroatoms. The number of hydrogen-bond acceptors (Lipinski definition) is 6. The Morgan fingerprint density at radius 2 is 1.96 bits per heavy atom. The molecule has 1 aliphatic rings. The van der Waals surface area contributed by atoms with Gasteiger partial charge in [0.1, 0.15) is 22.4 Å². The van der Waals surface area contributed by atoms with Gasteiger partial charge in [-0.05, 0) is 68.4 Å². The van der Waals surface area contributed by atoms with E-state index < -0.39 is 0 Å². The summed E-state index contributed by atoms with van der Waals surface area (Å²) >= 11 is 1.49. The number of halogens is 1. The van der Waals surface area contributed by atoms with Crippen LogP contribution in [-0.4, -0.2) is 40.0 Å². The average molecular weight is 386 g/mol. The van der Waals surface area contributed by atoms with Gasteiger partial charge in [0.2, 0.25) is 0 Å². The monoisotopic (exact) mass is 385 g/mol. The Bertz CT molecular complexity index is 887. The van der Waals surface area contributed by atoms with Crippen LogP contribution >= 0.6 is 11.5 Å². The summed E-state index contributed by atoms with van der Waals surface area (Å²) in [6.45, 7) is 4.99. The molecule has 0 unspecified atom stereocenters. The van der Waals surface area contributed by atoms with E-state index in [9.17, 15) is 4.39 Å². The molecule has 2 aromatic heterocycles. The van der Waals surface area contributed by atoms with Gasteiger partial charge in [0, 0.05) is 19.1 Å². The SMILES string of the molecule is Cc1nsc2c(N3CCC(NCCCc4ccc(F)cc4)CC3)ncnc12. The number of piperidine rings is 1. The lowest BCUT2D eigenvalue weighted by Gasteiger charge is -2.33. The van der Waals surface area contributed by atoms with Crippen molar-refractivity contribution in [3.05, 3.63) is 47.7 Å². The van der Waals surface area contributed by atoms with Gasteiger partial charge >= 0.3 is 0 Å². The number of benzene rings is 1. The second-order valence-electron chi connectivity index (χ2n) is 7.09. The van der Waals surface area contributed by atoms with Crippen LogP contribution < -0.4 is 10.2 Å². The molecule has 0 bridgehead atoms. The van der Waals surface area contributed by atoms with Crippen LogP contribution in [0.5, 0.6) is 0 Å². The number of rotatable bonds is 6. The highest BCUT2D eigenvalue weighted by molar-refractivity contribution is 7.14. The fourth-order valence-corrected chi connectivity index (χ4v) is 4.50. The van der Waals surface area contributed by atoms with E-state index in [4.69, 9.17) is 0 Å². The molecular formula is C20H24FN5S. The summed E-state index contributed by atoms with van der Waals surface area (Å²) in [5, 5.41) is 3.67. The molecule has 1 N–H and O–H groups in total. The van der Waals surface area contributed by atoms with Crippen LogP contribution in [0, 0.1) is 12.7 Å². The summed E-state index contributed by atoms with van der Waals surface area (Å²) in [5.41, 5.74) is 3.16. The second-order valence-corrected chi connectivity index (χ2v) is 7.86. The quantitative estimate of drug-likeness (QED) is 0.656. The van der Waals surface area contributed by atoms with Gasteiger partial charge < -0.3 is 10.2 Å². The first-order chi connectivity index (χ1) is 13.2. The summed E-state index contributed by atoms with van der Waals surface area (Å²) in [4.78, 5) is 11.2. The van der Waals surface area contributed by atoms with Gasteiger partial charge in [0.05, 0.1) is 5.69 Å². The number of anilines is 1. The van der Waals surface area contributed by atoms with Crippen molar-refractivity contribution in [2.45, 2.75) is 38.6 Å². The van der Waals surface area contributed by atoms with E-state index in [0.717, 1.165) is 67.0 Å². The van der Waals surface area contributed by atoms with Crippen molar-refractivity contribution in [3.8, 4) is 0 Å². The fourth-order valence-electron chi connectivity index (χ4n) is 3.63. The van der Waals surface area contributed by atoms with E-state index in [0.29, 0.717) is 6.04 Å². The van der Waals surface area contributed by atoms with E-state index in [2.05, 4.69) is 24.6 Å². The molecule has 5 nitrogen and oxygen atoms in total. The van der Waals surface area contributed by atoms with E-state index >= 15 is 0 Å². The molecule has 1 saturated heterocycles. The van der Waals surface area contributed by atoms with Crippen molar-refractivity contribution >= 4 is 27.6 Å². The number of nitrogens with one attached hydrogen (secondary N) is 1. The highest BCUT2D eigenvalue weighted by Crippen LogP contribution is 2.30. The van der Waals surface area contributed by atoms with E-state index in [1.807, 2.05) is 19.1 Å². The molecule has 0 amide bonds. The molecule has 0 atom stereocenters. The van der Waals surface area contributed by atoms with Crippen molar-refractivity contribution in [1.29, 1.82) is 0 Å². The molecule has 1 fully saturated rings. The normalized spacial score (nSPS) is 15.6. The highest BCUT2D eigenvalue weighted by Gasteiger charge is 2.22. The molecule has 0 spiro atoms. The number of fused-ring (bicyclic) bond motifs is 1. The van der Waals surface area contributed by atoms with E-state index in [1.54, 1.807) is 6.33 Å².